The van der Waals surface area contributed by atoms with Crippen LogP contribution in [-0.4, -0.2) is 68.7 Å². The Bertz CT molecular complexity index is 1340. The quantitative estimate of drug-likeness (QED) is 0.323. The maximum absolute atomic E-state index is 12.5. The van der Waals surface area contributed by atoms with Crippen molar-refractivity contribution in [3.63, 3.8) is 0 Å². The number of Topliss-reactive ketones (excluding diaryl/α,β-unsaturated/α-hetero) is 1. The molecule has 1 aromatic carbocycles. The fourth-order valence-electron chi connectivity index (χ4n) is 4.40. The van der Waals surface area contributed by atoms with Crippen molar-refractivity contribution in [3.8, 4) is 0 Å². The van der Waals surface area contributed by atoms with Gasteiger partial charge in [-0.3, -0.25) is 9.89 Å². The first kappa shape index (κ1) is 27.9. The highest BCUT2D eigenvalue weighted by Gasteiger charge is 2.28. The Morgan fingerprint density at radius 2 is 1.77 bits per heavy atom. The van der Waals surface area contributed by atoms with Gasteiger partial charge in [0.25, 0.3) is 0 Å². The molecular formula is C29H37N7O3S. The molecule has 3 heterocycles. The predicted molar refractivity (Wildman–Crippen MR) is 155 cm³/mol. The van der Waals surface area contributed by atoms with Crippen molar-refractivity contribution in [2.24, 2.45) is 0 Å². The minimum atomic E-state index is -0.525. The molecule has 2 fully saturated rings. The average molecular weight is 564 g/mol. The van der Waals surface area contributed by atoms with E-state index in [4.69, 9.17) is 14.7 Å². The van der Waals surface area contributed by atoms with Crippen LogP contribution in [0.4, 0.5) is 22.2 Å². The van der Waals surface area contributed by atoms with E-state index in [1.54, 1.807) is 4.90 Å². The third kappa shape index (κ3) is 7.53. The predicted octanol–water partition coefficient (Wildman–Crippen LogP) is 5.55. The lowest BCUT2D eigenvalue weighted by molar-refractivity contribution is -0.118. The Morgan fingerprint density at radius 3 is 2.42 bits per heavy atom. The van der Waals surface area contributed by atoms with Gasteiger partial charge >= 0.3 is 6.09 Å². The van der Waals surface area contributed by atoms with Gasteiger partial charge in [-0.05, 0) is 63.1 Å². The largest absolute Gasteiger partial charge is 0.444 e. The number of rotatable bonds is 9. The van der Waals surface area contributed by atoms with E-state index < -0.39 is 5.60 Å². The lowest BCUT2D eigenvalue weighted by Crippen LogP contribution is -2.50. The summed E-state index contributed by atoms with van der Waals surface area (Å²) in [5, 5.41) is 11.5. The van der Waals surface area contributed by atoms with Gasteiger partial charge in [0.2, 0.25) is 0 Å². The molecule has 10 nitrogen and oxygen atoms in total. The number of hydrogen-bond donors (Lipinski definition) is 2. The smallest absolute Gasteiger partial charge is 0.410 e. The van der Waals surface area contributed by atoms with Crippen molar-refractivity contribution in [1.29, 1.82) is 0 Å². The van der Waals surface area contributed by atoms with Crippen LogP contribution in [0.25, 0.3) is 0 Å². The molecule has 5 rings (SSSR count). The van der Waals surface area contributed by atoms with E-state index in [0.717, 1.165) is 27.8 Å². The number of aromatic nitrogens is 4. The number of carbonyl (C=O) groups is 2. The summed E-state index contributed by atoms with van der Waals surface area (Å²) in [5.41, 5.74) is 1.62. The van der Waals surface area contributed by atoms with Gasteiger partial charge in [0.15, 0.2) is 11.0 Å². The monoisotopic (exact) mass is 563 g/mol. The number of nitrogens with one attached hydrogen (secondary N) is 2. The van der Waals surface area contributed by atoms with Crippen molar-refractivity contribution in [1.82, 2.24) is 25.1 Å². The van der Waals surface area contributed by atoms with Gasteiger partial charge in [0, 0.05) is 67.7 Å². The molecule has 212 valence electrons. The molecule has 0 atom stereocenters. The maximum atomic E-state index is 12.5. The zero-order valence-corrected chi connectivity index (χ0v) is 24.4. The van der Waals surface area contributed by atoms with Crippen LogP contribution in [0.5, 0.6) is 0 Å². The third-order valence-corrected chi connectivity index (χ3v) is 7.62. The van der Waals surface area contributed by atoms with Crippen LogP contribution in [0.2, 0.25) is 0 Å². The molecule has 40 heavy (non-hydrogen) atoms. The molecule has 0 bridgehead atoms. The van der Waals surface area contributed by atoms with Crippen LogP contribution >= 0.6 is 11.8 Å². The van der Waals surface area contributed by atoms with Crippen LogP contribution in [-0.2, 0) is 16.0 Å². The number of ketones is 1. The Morgan fingerprint density at radius 1 is 1.05 bits per heavy atom. The number of benzene rings is 1. The van der Waals surface area contributed by atoms with Gasteiger partial charge in [-0.15, -0.1) is 0 Å². The molecule has 11 heteroatoms. The standard InChI is InChI=1S/C29H37N7O3S/c1-5-21(37)16-19-6-10-22(11-7-19)40-27-31-24(30-25-17-23(33-34-25)20-8-9-20)18-26(32-27)35-12-14-36(15-13-35)28(38)39-29(2,3)4/h6-7,10-11,17-18,20H,5,8-9,12-16H2,1-4H3,(H2,30,31,32,33,34). The van der Waals surface area contributed by atoms with E-state index in [9.17, 15) is 9.59 Å². The highest BCUT2D eigenvalue weighted by Crippen LogP contribution is 2.40. The molecule has 1 amide bonds. The first-order valence-corrected chi connectivity index (χ1v) is 14.7. The summed E-state index contributed by atoms with van der Waals surface area (Å²) in [6.45, 7) is 9.87. The molecule has 1 saturated carbocycles. The number of amides is 1. The van der Waals surface area contributed by atoms with Crippen LogP contribution in [0.3, 0.4) is 0 Å². The fraction of sp³-hybridized carbons (Fsp3) is 0.483. The van der Waals surface area contributed by atoms with Crippen molar-refractivity contribution in [2.45, 2.75) is 74.9 Å². The number of aromatic amines is 1. The second kappa shape index (κ2) is 11.9. The van der Waals surface area contributed by atoms with Crippen LogP contribution in [0.15, 0.2) is 46.5 Å². The van der Waals surface area contributed by atoms with Crippen molar-refractivity contribution in [2.75, 3.05) is 36.4 Å². The maximum Gasteiger partial charge on any atom is 0.410 e. The third-order valence-electron chi connectivity index (χ3n) is 6.75. The summed E-state index contributed by atoms with van der Waals surface area (Å²) in [6.07, 6.45) is 3.09. The Balaban J connectivity index is 1.33. The van der Waals surface area contributed by atoms with Gasteiger partial charge in [0.05, 0.1) is 0 Å². The molecule has 0 unspecified atom stereocenters. The molecule has 1 aliphatic heterocycles. The average Bonchev–Trinajstić information content (AvgIpc) is 3.67. The zero-order chi connectivity index (χ0) is 28.3. The second-order valence-electron chi connectivity index (χ2n) is 11.3. The summed E-state index contributed by atoms with van der Waals surface area (Å²) in [4.78, 5) is 38.9. The number of anilines is 3. The SMILES string of the molecule is CCC(=O)Cc1ccc(Sc2nc(Nc3cc(C4CC4)[nH]n3)cc(N3CCN(C(=O)OC(C)(C)C)CC3)n2)cc1. The van der Waals surface area contributed by atoms with Gasteiger partial charge in [-0.1, -0.05) is 19.1 Å². The normalized spacial score (nSPS) is 15.7. The number of carbonyl (C=O) groups excluding carboxylic acids is 2. The lowest BCUT2D eigenvalue weighted by atomic mass is 10.1. The summed E-state index contributed by atoms with van der Waals surface area (Å²) in [5.74, 6) is 2.96. The van der Waals surface area contributed by atoms with E-state index in [2.05, 4.69) is 20.4 Å². The molecule has 2 aromatic heterocycles. The fourth-order valence-corrected chi connectivity index (χ4v) is 5.16. The summed E-state index contributed by atoms with van der Waals surface area (Å²) in [7, 11) is 0. The van der Waals surface area contributed by atoms with Crippen molar-refractivity contribution >= 4 is 41.1 Å². The van der Waals surface area contributed by atoms with E-state index >= 15 is 0 Å². The number of ether oxygens (including phenoxy) is 1. The second-order valence-corrected chi connectivity index (χ2v) is 12.3. The number of piperazine rings is 1. The molecular weight excluding hydrogens is 526 g/mol. The molecule has 1 saturated heterocycles. The molecule has 2 aliphatic rings. The number of H-pyrrole nitrogens is 1. The first-order chi connectivity index (χ1) is 19.1. The van der Waals surface area contributed by atoms with Crippen molar-refractivity contribution < 1.29 is 14.3 Å². The highest BCUT2D eigenvalue weighted by atomic mass is 32.2. The Hall–Kier alpha value is -3.60. The molecule has 0 spiro atoms. The van der Waals surface area contributed by atoms with E-state index in [1.165, 1.54) is 24.6 Å². The van der Waals surface area contributed by atoms with Gasteiger partial charge in [0.1, 0.15) is 23.0 Å². The van der Waals surface area contributed by atoms with E-state index in [-0.39, 0.29) is 11.9 Å². The van der Waals surface area contributed by atoms with Crippen LogP contribution < -0.4 is 10.2 Å². The molecule has 2 N–H and O–H groups in total. The number of hydrogen-bond acceptors (Lipinski definition) is 9. The minimum absolute atomic E-state index is 0.224. The number of nitrogens with zero attached hydrogens (tertiary/aromatic N) is 5. The summed E-state index contributed by atoms with van der Waals surface area (Å²) in [6, 6.07) is 11.9. The molecule has 1 aliphatic carbocycles. The van der Waals surface area contributed by atoms with Crippen LogP contribution in [0.1, 0.15) is 64.1 Å². The van der Waals surface area contributed by atoms with Crippen LogP contribution in [0, 0.1) is 0 Å². The zero-order valence-electron chi connectivity index (χ0n) is 23.6. The van der Waals surface area contributed by atoms with Crippen molar-refractivity contribution in [3.05, 3.63) is 47.7 Å². The Kier molecular flexibility index (Phi) is 8.30. The minimum Gasteiger partial charge on any atom is -0.444 e. The van der Waals surface area contributed by atoms with E-state index in [0.29, 0.717) is 55.9 Å². The summed E-state index contributed by atoms with van der Waals surface area (Å²) < 4.78 is 5.55. The Labute approximate surface area is 239 Å². The van der Waals surface area contributed by atoms with E-state index in [1.807, 2.05) is 64.1 Å². The highest BCUT2D eigenvalue weighted by molar-refractivity contribution is 7.99. The van der Waals surface area contributed by atoms with Gasteiger partial charge in [-0.2, -0.15) is 5.10 Å². The molecule has 0 radical (unpaired) electrons. The lowest BCUT2D eigenvalue weighted by Gasteiger charge is -2.36. The molecule has 3 aromatic rings. The topological polar surface area (TPSA) is 116 Å². The van der Waals surface area contributed by atoms with Gasteiger partial charge < -0.3 is 19.9 Å². The van der Waals surface area contributed by atoms with Gasteiger partial charge in [-0.25, -0.2) is 14.8 Å². The summed E-state index contributed by atoms with van der Waals surface area (Å²) >= 11 is 1.47. The first-order valence-electron chi connectivity index (χ1n) is 13.9.